The second-order valence-corrected chi connectivity index (χ2v) is 4.76. The SMILES string of the molecule is CNC(=O)CCOc1c(CNC(C)C)cccc1OC. The zero-order valence-electron chi connectivity index (χ0n) is 12.7. The highest BCUT2D eigenvalue weighted by Gasteiger charge is 2.11. The average Bonchev–Trinajstić information content (AvgIpc) is 2.45. The van der Waals surface area contributed by atoms with E-state index >= 15 is 0 Å². The Hall–Kier alpha value is -1.75. The Kier molecular flexibility index (Phi) is 6.87. The third-order valence-electron chi connectivity index (χ3n) is 2.84. The summed E-state index contributed by atoms with van der Waals surface area (Å²) in [5, 5.41) is 5.92. The minimum Gasteiger partial charge on any atom is -0.493 e. The van der Waals surface area contributed by atoms with Crippen LogP contribution in [-0.2, 0) is 11.3 Å². The van der Waals surface area contributed by atoms with Gasteiger partial charge < -0.3 is 20.1 Å². The zero-order chi connectivity index (χ0) is 15.0. The van der Waals surface area contributed by atoms with E-state index in [1.807, 2.05) is 18.2 Å². The molecule has 0 spiro atoms. The fourth-order valence-electron chi connectivity index (χ4n) is 1.71. The van der Waals surface area contributed by atoms with Crippen molar-refractivity contribution in [2.75, 3.05) is 20.8 Å². The van der Waals surface area contributed by atoms with Gasteiger partial charge >= 0.3 is 0 Å². The molecule has 0 aliphatic carbocycles. The largest absolute Gasteiger partial charge is 0.493 e. The average molecular weight is 280 g/mol. The molecule has 0 bridgehead atoms. The molecule has 0 aliphatic rings. The highest BCUT2D eigenvalue weighted by molar-refractivity contribution is 5.75. The summed E-state index contributed by atoms with van der Waals surface area (Å²) in [6, 6.07) is 6.17. The van der Waals surface area contributed by atoms with Gasteiger partial charge in [-0.2, -0.15) is 0 Å². The summed E-state index contributed by atoms with van der Waals surface area (Å²) < 4.78 is 11.1. The topological polar surface area (TPSA) is 59.6 Å². The Morgan fingerprint density at radius 1 is 1.35 bits per heavy atom. The van der Waals surface area contributed by atoms with Crippen molar-refractivity contribution in [1.82, 2.24) is 10.6 Å². The molecule has 1 rings (SSSR count). The number of hydrogen-bond donors (Lipinski definition) is 2. The molecule has 0 radical (unpaired) electrons. The lowest BCUT2D eigenvalue weighted by Gasteiger charge is -2.16. The van der Waals surface area contributed by atoms with Gasteiger partial charge in [-0.3, -0.25) is 4.79 Å². The maximum atomic E-state index is 11.2. The molecule has 112 valence electrons. The van der Waals surface area contributed by atoms with E-state index in [1.54, 1.807) is 14.2 Å². The maximum Gasteiger partial charge on any atom is 0.223 e. The number of benzene rings is 1. The zero-order valence-corrected chi connectivity index (χ0v) is 12.7. The Bertz CT molecular complexity index is 433. The van der Waals surface area contributed by atoms with Gasteiger partial charge in [0, 0.05) is 25.2 Å². The second kappa shape index (κ2) is 8.43. The minimum atomic E-state index is -0.0400. The lowest BCUT2D eigenvalue weighted by atomic mass is 10.1. The van der Waals surface area contributed by atoms with E-state index in [4.69, 9.17) is 9.47 Å². The van der Waals surface area contributed by atoms with E-state index in [0.717, 1.165) is 5.56 Å². The summed E-state index contributed by atoms with van der Waals surface area (Å²) in [5.74, 6) is 1.35. The lowest BCUT2D eigenvalue weighted by Crippen LogP contribution is -2.23. The third-order valence-corrected chi connectivity index (χ3v) is 2.84. The van der Waals surface area contributed by atoms with Crippen LogP contribution in [0.15, 0.2) is 18.2 Å². The van der Waals surface area contributed by atoms with E-state index in [2.05, 4.69) is 24.5 Å². The molecular weight excluding hydrogens is 256 g/mol. The van der Waals surface area contributed by atoms with Crippen LogP contribution in [0.3, 0.4) is 0 Å². The summed E-state index contributed by atoms with van der Waals surface area (Å²) in [7, 11) is 3.23. The number of ether oxygens (including phenoxy) is 2. The standard InChI is InChI=1S/C15H24N2O3/c1-11(2)17-10-12-6-5-7-13(19-4)15(12)20-9-8-14(18)16-3/h5-7,11,17H,8-10H2,1-4H3,(H,16,18). The number of nitrogens with one attached hydrogen (secondary N) is 2. The van der Waals surface area contributed by atoms with Crippen LogP contribution in [-0.4, -0.2) is 32.7 Å². The first-order chi connectivity index (χ1) is 9.58. The summed E-state index contributed by atoms with van der Waals surface area (Å²) in [6.45, 7) is 5.21. The summed E-state index contributed by atoms with van der Waals surface area (Å²) in [6.07, 6.45) is 0.325. The van der Waals surface area contributed by atoms with Crippen molar-refractivity contribution >= 4 is 5.91 Å². The maximum absolute atomic E-state index is 11.2. The van der Waals surface area contributed by atoms with Crippen molar-refractivity contribution in [2.45, 2.75) is 32.9 Å². The summed E-state index contributed by atoms with van der Waals surface area (Å²) in [5.41, 5.74) is 1.02. The van der Waals surface area contributed by atoms with Gasteiger partial charge in [0.1, 0.15) is 0 Å². The van der Waals surface area contributed by atoms with Crippen molar-refractivity contribution in [3.8, 4) is 11.5 Å². The van der Waals surface area contributed by atoms with Crippen LogP contribution in [0.1, 0.15) is 25.8 Å². The predicted molar refractivity (Wildman–Crippen MR) is 79.1 cm³/mol. The quantitative estimate of drug-likeness (QED) is 0.761. The molecule has 0 saturated carbocycles. The smallest absolute Gasteiger partial charge is 0.223 e. The molecule has 0 aliphatic heterocycles. The van der Waals surface area contributed by atoms with Crippen molar-refractivity contribution < 1.29 is 14.3 Å². The molecule has 0 saturated heterocycles. The molecule has 0 unspecified atom stereocenters. The summed E-state index contributed by atoms with van der Waals surface area (Å²) in [4.78, 5) is 11.2. The van der Waals surface area contributed by atoms with Crippen LogP contribution in [0.2, 0.25) is 0 Å². The van der Waals surface area contributed by atoms with Crippen LogP contribution in [0.5, 0.6) is 11.5 Å². The third kappa shape index (κ3) is 5.09. The molecule has 1 aromatic carbocycles. The monoisotopic (exact) mass is 280 g/mol. The number of para-hydroxylation sites is 1. The number of hydrogen-bond acceptors (Lipinski definition) is 4. The van der Waals surface area contributed by atoms with E-state index in [0.29, 0.717) is 37.1 Å². The van der Waals surface area contributed by atoms with Gasteiger partial charge in [-0.1, -0.05) is 26.0 Å². The van der Waals surface area contributed by atoms with Crippen molar-refractivity contribution in [3.05, 3.63) is 23.8 Å². The molecular formula is C15H24N2O3. The first-order valence-corrected chi connectivity index (χ1v) is 6.81. The highest BCUT2D eigenvalue weighted by Crippen LogP contribution is 2.31. The highest BCUT2D eigenvalue weighted by atomic mass is 16.5. The van der Waals surface area contributed by atoms with Gasteiger partial charge in [0.25, 0.3) is 0 Å². The number of carbonyl (C=O) groups excluding carboxylic acids is 1. The normalized spacial score (nSPS) is 10.4. The van der Waals surface area contributed by atoms with Crippen molar-refractivity contribution in [2.24, 2.45) is 0 Å². The Morgan fingerprint density at radius 3 is 2.70 bits per heavy atom. The molecule has 1 amide bonds. The second-order valence-electron chi connectivity index (χ2n) is 4.76. The molecule has 5 heteroatoms. The van der Waals surface area contributed by atoms with E-state index in [1.165, 1.54) is 0 Å². The fraction of sp³-hybridized carbons (Fsp3) is 0.533. The van der Waals surface area contributed by atoms with Gasteiger partial charge in [-0.25, -0.2) is 0 Å². The van der Waals surface area contributed by atoms with Crippen LogP contribution < -0.4 is 20.1 Å². The molecule has 0 atom stereocenters. The molecule has 1 aromatic rings. The van der Waals surface area contributed by atoms with Crippen LogP contribution in [0.4, 0.5) is 0 Å². The van der Waals surface area contributed by atoms with Gasteiger partial charge in [0.15, 0.2) is 11.5 Å². The number of rotatable bonds is 8. The van der Waals surface area contributed by atoms with Crippen molar-refractivity contribution in [1.29, 1.82) is 0 Å². The van der Waals surface area contributed by atoms with Crippen LogP contribution >= 0.6 is 0 Å². The molecule has 2 N–H and O–H groups in total. The first kappa shape index (κ1) is 16.3. The molecule has 0 aromatic heterocycles. The van der Waals surface area contributed by atoms with Gasteiger partial charge in [-0.15, -0.1) is 0 Å². The Balaban J connectivity index is 2.75. The van der Waals surface area contributed by atoms with E-state index in [-0.39, 0.29) is 5.91 Å². The van der Waals surface area contributed by atoms with E-state index < -0.39 is 0 Å². The molecule has 0 fully saturated rings. The van der Waals surface area contributed by atoms with Gasteiger partial charge in [0.05, 0.1) is 20.1 Å². The van der Waals surface area contributed by atoms with Gasteiger partial charge in [-0.05, 0) is 6.07 Å². The minimum absolute atomic E-state index is 0.0400. The summed E-state index contributed by atoms with van der Waals surface area (Å²) >= 11 is 0. The Morgan fingerprint density at radius 2 is 2.10 bits per heavy atom. The fourth-order valence-corrected chi connectivity index (χ4v) is 1.71. The van der Waals surface area contributed by atoms with Gasteiger partial charge in [0.2, 0.25) is 5.91 Å². The van der Waals surface area contributed by atoms with Crippen LogP contribution in [0.25, 0.3) is 0 Å². The number of amides is 1. The lowest BCUT2D eigenvalue weighted by molar-refractivity contribution is -0.121. The molecule has 5 nitrogen and oxygen atoms in total. The number of methoxy groups -OCH3 is 1. The number of carbonyl (C=O) groups is 1. The molecule has 0 heterocycles. The van der Waals surface area contributed by atoms with Crippen molar-refractivity contribution in [3.63, 3.8) is 0 Å². The predicted octanol–water partition coefficient (Wildman–Crippen LogP) is 1.71. The first-order valence-electron chi connectivity index (χ1n) is 6.81. The Labute approximate surface area is 120 Å². The van der Waals surface area contributed by atoms with E-state index in [9.17, 15) is 4.79 Å². The molecule has 20 heavy (non-hydrogen) atoms. The van der Waals surface area contributed by atoms with Crippen LogP contribution in [0, 0.1) is 0 Å².